The molecule has 9 heteroatoms. The lowest BCUT2D eigenvalue weighted by Crippen LogP contribution is -2.49. The highest BCUT2D eigenvalue weighted by molar-refractivity contribution is 5.85. The first-order chi connectivity index (χ1) is 18.6. The van der Waals surface area contributed by atoms with Crippen LogP contribution in [-0.2, 0) is 11.2 Å². The molecule has 38 heavy (non-hydrogen) atoms. The Hall–Kier alpha value is -4.42. The van der Waals surface area contributed by atoms with Crippen molar-refractivity contribution in [1.82, 2.24) is 19.5 Å². The maximum absolute atomic E-state index is 12.7. The monoisotopic (exact) mass is 510 g/mol. The van der Waals surface area contributed by atoms with Crippen molar-refractivity contribution in [3.63, 3.8) is 0 Å². The number of nitrogens with zero attached hydrogens (tertiary/aromatic N) is 6. The van der Waals surface area contributed by atoms with Gasteiger partial charge >= 0.3 is 0 Å². The first-order valence-electron chi connectivity index (χ1n) is 12.8. The van der Waals surface area contributed by atoms with Crippen LogP contribution in [0.2, 0.25) is 0 Å². The molecule has 1 atom stereocenters. The van der Waals surface area contributed by atoms with Crippen LogP contribution in [0.1, 0.15) is 24.5 Å². The Morgan fingerprint density at radius 1 is 1.13 bits per heavy atom. The summed E-state index contributed by atoms with van der Waals surface area (Å²) in [6.07, 6.45) is 5.48. The molecule has 3 aromatic heterocycles. The van der Waals surface area contributed by atoms with Crippen molar-refractivity contribution in [2.24, 2.45) is 0 Å². The lowest BCUT2D eigenvalue weighted by atomic mass is 10.1. The molecule has 9 nitrogen and oxygen atoms in total. The van der Waals surface area contributed by atoms with Gasteiger partial charge in [-0.2, -0.15) is 10.4 Å². The van der Waals surface area contributed by atoms with Crippen molar-refractivity contribution >= 4 is 17.2 Å². The Balaban J connectivity index is 1.30. The molecule has 5 rings (SSSR count). The molecule has 1 aliphatic heterocycles. The summed E-state index contributed by atoms with van der Waals surface area (Å²) in [5.41, 5.74) is 3.77. The van der Waals surface area contributed by atoms with E-state index in [1.807, 2.05) is 60.4 Å². The van der Waals surface area contributed by atoms with E-state index in [0.29, 0.717) is 55.9 Å². The van der Waals surface area contributed by atoms with Crippen LogP contribution >= 0.6 is 0 Å². The van der Waals surface area contributed by atoms with Gasteiger partial charge in [-0.1, -0.05) is 37.3 Å². The minimum absolute atomic E-state index is 0.144. The summed E-state index contributed by atoms with van der Waals surface area (Å²) >= 11 is 0. The molecule has 194 valence electrons. The second kappa shape index (κ2) is 11.3. The van der Waals surface area contributed by atoms with Crippen LogP contribution in [0, 0.1) is 11.3 Å². The van der Waals surface area contributed by atoms with Crippen molar-refractivity contribution in [1.29, 1.82) is 5.26 Å². The van der Waals surface area contributed by atoms with Gasteiger partial charge in [0.25, 0.3) is 0 Å². The lowest BCUT2D eigenvalue weighted by Gasteiger charge is -2.35. The molecule has 4 aromatic rings. The predicted octanol–water partition coefficient (Wildman–Crippen LogP) is 3.31. The fraction of sp³-hybridized carbons (Fsp3) is 0.310. The summed E-state index contributed by atoms with van der Waals surface area (Å²) in [4.78, 5) is 21.5. The molecular weight excluding hydrogens is 480 g/mol. The minimum atomic E-state index is -0.559. The molecule has 0 aliphatic carbocycles. The largest absolute Gasteiger partial charge is 0.489 e. The van der Waals surface area contributed by atoms with E-state index in [2.05, 4.69) is 16.1 Å². The van der Waals surface area contributed by atoms with Gasteiger partial charge in [-0.25, -0.2) is 9.50 Å². The second-order valence-electron chi connectivity index (χ2n) is 9.36. The first kappa shape index (κ1) is 25.2. The SMILES string of the molecule is CC[C@@H](O)COc1cc(-c2ccc(N3CCN(C(=O)Cc4ccccc4)CC3)nc2)c2c(C#N)cnn2c1. The smallest absolute Gasteiger partial charge is 0.227 e. The average Bonchev–Trinajstić information content (AvgIpc) is 3.39. The number of hydrogen-bond acceptors (Lipinski definition) is 7. The maximum Gasteiger partial charge on any atom is 0.227 e. The van der Waals surface area contributed by atoms with Gasteiger partial charge in [-0.05, 0) is 30.2 Å². The van der Waals surface area contributed by atoms with Crippen molar-refractivity contribution in [3.05, 3.63) is 78.2 Å². The van der Waals surface area contributed by atoms with Gasteiger partial charge in [0.15, 0.2) is 0 Å². The quantitative estimate of drug-likeness (QED) is 0.388. The Bertz CT molecular complexity index is 1440. The van der Waals surface area contributed by atoms with Crippen LogP contribution in [-0.4, -0.2) is 69.4 Å². The maximum atomic E-state index is 12.7. The highest BCUT2D eigenvalue weighted by Gasteiger charge is 2.22. The Labute approximate surface area is 221 Å². The van der Waals surface area contributed by atoms with Crippen molar-refractivity contribution in [2.45, 2.75) is 25.9 Å². The minimum Gasteiger partial charge on any atom is -0.489 e. The van der Waals surface area contributed by atoms with Gasteiger partial charge in [-0.3, -0.25) is 4.79 Å². The van der Waals surface area contributed by atoms with E-state index in [9.17, 15) is 15.2 Å². The van der Waals surface area contributed by atoms with Crippen LogP contribution < -0.4 is 9.64 Å². The van der Waals surface area contributed by atoms with E-state index >= 15 is 0 Å². The number of rotatable bonds is 8. The summed E-state index contributed by atoms with van der Waals surface area (Å²) in [5.74, 6) is 1.53. The van der Waals surface area contributed by atoms with Crippen LogP contribution in [0.3, 0.4) is 0 Å². The van der Waals surface area contributed by atoms with Crippen LogP contribution in [0.15, 0.2) is 67.1 Å². The molecule has 1 amide bonds. The zero-order chi connectivity index (χ0) is 26.5. The topological polar surface area (TPSA) is 107 Å². The van der Waals surface area contributed by atoms with E-state index in [1.54, 1.807) is 16.9 Å². The third kappa shape index (κ3) is 5.45. The summed E-state index contributed by atoms with van der Waals surface area (Å²) in [5, 5.41) is 23.8. The van der Waals surface area contributed by atoms with Gasteiger partial charge in [0, 0.05) is 43.5 Å². The van der Waals surface area contributed by atoms with Gasteiger partial charge in [0.2, 0.25) is 5.91 Å². The number of carbonyl (C=O) groups is 1. The molecule has 1 N–H and O–H groups in total. The van der Waals surface area contributed by atoms with Crippen molar-refractivity contribution < 1.29 is 14.6 Å². The molecule has 1 aromatic carbocycles. The fourth-order valence-electron chi connectivity index (χ4n) is 4.59. The van der Waals surface area contributed by atoms with Gasteiger partial charge in [0.1, 0.15) is 24.2 Å². The number of ether oxygens (including phenoxy) is 1. The van der Waals surface area contributed by atoms with Crippen LogP contribution in [0.5, 0.6) is 5.75 Å². The number of pyridine rings is 2. The third-order valence-electron chi connectivity index (χ3n) is 6.83. The number of aromatic nitrogens is 3. The molecule has 4 heterocycles. The number of carbonyl (C=O) groups excluding carboxylic acids is 1. The van der Waals surface area contributed by atoms with Gasteiger partial charge < -0.3 is 19.6 Å². The number of piperazine rings is 1. The van der Waals surface area contributed by atoms with Crippen molar-refractivity contribution in [2.75, 3.05) is 37.7 Å². The molecule has 0 unspecified atom stereocenters. The molecule has 0 radical (unpaired) electrons. The summed E-state index contributed by atoms with van der Waals surface area (Å²) in [6.45, 7) is 4.79. The standard InChI is InChI=1S/C29H30N6O3/c1-2-24(36)20-38-25-15-26(29-23(16-30)18-32-35(29)19-25)22-8-9-27(31-17-22)33-10-12-34(13-11-33)28(37)14-21-6-4-3-5-7-21/h3-9,15,17-19,24,36H,2,10-14,20H2,1H3/t24-/m1/s1. The molecule has 1 saturated heterocycles. The fourth-order valence-corrected chi connectivity index (χ4v) is 4.59. The number of anilines is 1. The third-order valence-corrected chi connectivity index (χ3v) is 6.83. The normalized spacial score (nSPS) is 14.3. The molecule has 0 spiro atoms. The van der Waals surface area contributed by atoms with Crippen LogP contribution in [0.25, 0.3) is 16.6 Å². The molecular formula is C29H30N6O3. The van der Waals surface area contributed by atoms with E-state index in [4.69, 9.17) is 9.72 Å². The van der Waals surface area contributed by atoms with E-state index < -0.39 is 6.10 Å². The second-order valence-corrected chi connectivity index (χ2v) is 9.36. The lowest BCUT2D eigenvalue weighted by molar-refractivity contribution is -0.130. The van der Waals surface area contributed by atoms with E-state index in [-0.39, 0.29) is 12.5 Å². The van der Waals surface area contributed by atoms with Crippen LogP contribution in [0.4, 0.5) is 5.82 Å². The summed E-state index contributed by atoms with van der Waals surface area (Å²) < 4.78 is 7.43. The van der Waals surface area contributed by atoms with Gasteiger partial charge in [0.05, 0.1) is 36.0 Å². The molecule has 0 bridgehead atoms. The molecule has 1 aliphatic rings. The van der Waals surface area contributed by atoms with Crippen molar-refractivity contribution in [3.8, 4) is 22.9 Å². The molecule has 0 saturated carbocycles. The highest BCUT2D eigenvalue weighted by Crippen LogP contribution is 2.31. The zero-order valence-corrected chi connectivity index (χ0v) is 21.3. The zero-order valence-electron chi connectivity index (χ0n) is 21.3. The first-order valence-corrected chi connectivity index (χ1v) is 12.8. The Kier molecular flexibility index (Phi) is 7.52. The number of amides is 1. The van der Waals surface area contributed by atoms with E-state index in [1.165, 1.54) is 6.20 Å². The average molecular weight is 511 g/mol. The summed E-state index contributed by atoms with van der Waals surface area (Å²) in [7, 11) is 0. The predicted molar refractivity (Wildman–Crippen MR) is 144 cm³/mol. The molecule has 1 fully saturated rings. The number of nitriles is 1. The number of benzene rings is 1. The Morgan fingerprint density at radius 2 is 1.92 bits per heavy atom. The number of aliphatic hydroxyl groups excluding tert-OH is 1. The number of aliphatic hydroxyl groups is 1. The van der Waals surface area contributed by atoms with E-state index in [0.717, 1.165) is 22.5 Å². The summed E-state index contributed by atoms with van der Waals surface area (Å²) in [6, 6.07) is 17.8. The highest BCUT2D eigenvalue weighted by atomic mass is 16.5. The van der Waals surface area contributed by atoms with Gasteiger partial charge in [-0.15, -0.1) is 0 Å². The number of fused-ring (bicyclic) bond motifs is 1. The number of hydrogen-bond donors (Lipinski definition) is 1. The Morgan fingerprint density at radius 3 is 2.61 bits per heavy atom.